The molecule has 0 spiro atoms. The maximum atomic E-state index is 7.75. The number of nitrogens with two attached hydrogens (primary N) is 1. The van der Waals surface area contributed by atoms with Crippen molar-refractivity contribution in [1.29, 1.82) is 5.41 Å². The largest absolute Gasteiger partial charge is 0.384 e. The molecule has 0 atom stereocenters. The molecule has 0 saturated heterocycles. The number of nitrogen functional groups attached to an aromatic ring is 1. The number of hydrogen-bond acceptors (Lipinski definition) is 3. The van der Waals surface area contributed by atoms with Crippen molar-refractivity contribution >= 4 is 29.2 Å². The third-order valence-electron chi connectivity index (χ3n) is 3.35. The highest BCUT2D eigenvalue weighted by Gasteiger charge is 2.18. The van der Waals surface area contributed by atoms with E-state index in [4.69, 9.17) is 27.7 Å². The van der Waals surface area contributed by atoms with Gasteiger partial charge in [-0.3, -0.25) is 5.41 Å². The van der Waals surface area contributed by atoms with Gasteiger partial charge >= 0.3 is 0 Å². The summed E-state index contributed by atoms with van der Waals surface area (Å²) in [6, 6.07) is 9.65. The summed E-state index contributed by atoms with van der Waals surface area (Å²) in [5.74, 6) is 0.0572. The van der Waals surface area contributed by atoms with Crippen LogP contribution >= 0.6 is 23.4 Å². The van der Waals surface area contributed by atoms with Crippen LogP contribution in [0, 0.1) is 5.41 Å². The number of halogens is 1. The number of fused-ring (bicyclic) bond motifs is 1. The molecule has 3 nitrogen and oxygen atoms in total. The van der Waals surface area contributed by atoms with Crippen LogP contribution in [-0.4, -0.2) is 10.8 Å². The molecule has 0 radical (unpaired) electrons. The molecule has 3 N–H and O–H groups in total. The molecule has 0 fully saturated rings. The first-order valence-electron chi connectivity index (χ1n) is 6.44. The molecular weight excluding hydrogens is 290 g/mol. The van der Waals surface area contributed by atoms with Crippen LogP contribution < -0.4 is 5.73 Å². The molecule has 0 saturated carbocycles. The number of pyridine rings is 1. The zero-order chi connectivity index (χ0) is 14.1. The standard InChI is InChI=1S/C15H14ClN3S/c16-11-5-1-2-7-13(11)20-15-10(14(17)18)8-9-4-3-6-12(9)19-15/h1-2,5,7-8H,3-4,6H2,(H3,17,18). The summed E-state index contributed by atoms with van der Waals surface area (Å²) in [6.45, 7) is 0. The van der Waals surface area contributed by atoms with Gasteiger partial charge in [0.05, 0.1) is 5.02 Å². The summed E-state index contributed by atoms with van der Waals surface area (Å²) in [6.07, 6.45) is 3.16. The first-order chi connectivity index (χ1) is 9.65. The summed E-state index contributed by atoms with van der Waals surface area (Å²) >= 11 is 7.66. The monoisotopic (exact) mass is 303 g/mol. The predicted octanol–water partition coefficient (Wildman–Crippen LogP) is 3.66. The smallest absolute Gasteiger partial charge is 0.125 e. The van der Waals surface area contributed by atoms with Crippen LogP contribution in [-0.2, 0) is 12.8 Å². The minimum absolute atomic E-state index is 0.0572. The third-order valence-corrected chi connectivity index (χ3v) is 4.87. The molecule has 1 aromatic heterocycles. The molecule has 0 amide bonds. The second-order valence-corrected chi connectivity index (χ2v) is 6.18. The minimum Gasteiger partial charge on any atom is -0.384 e. The maximum absolute atomic E-state index is 7.75. The first kappa shape index (κ1) is 13.5. The van der Waals surface area contributed by atoms with Gasteiger partial charge in [0.25, 0.3) is 0 Å². The summed E-state index contributed by atoms with van der Waals surface area (Å²) in [5.41, 5.74) is 8.75. The van der Waals surface area contributed by atoms with Crippen LogP contribution in [0.5, 0.6) is 0 Å². The molecule has 1 aliphatic carbocycles. The third kappa shape index (κ3) is 2.53. The number of amidine groups is 1. The van der Waals surface area contributed by atoms with E-state index in [1.54, 1.807) is 0 Å². The molecule has 3 rings (SSSR count). The highest BCUT2D eigenvalue weighted by molar-refractivity contribution is 7.99. The Hall–Kier alpha value is -1.52. The fourth-order valence-electron chi connectivity index (χ4n) is 2.36. The molecule has 20 heavy (non-hydrogen) atoms. The van der Waals surface area contributed by atoms with Gasteiger partial charge in [0.15, 0.2) is 0 Å². The lowest BCUT2D eigenvalue weighted by molar-refractivity contribution is 0.891. The second kappa shape index (κ2) is 5.46. The lowest BCUT2D eigenvalue weighted by atomic mass is 10.1. The van der Waals surface area contributed by atoms with Crippen molar-refractivity contribution in [2.24, 2.45) is 5.73 Å². The minimum atomic E-state index is 0.0572. The van der Waals surface area contributed by atoms with E-state index in [2.05, 4.69) is 0 Å². The molecular formula is C15H14ClN3S. The van der Waals surface area contributed by atoms with Crippen molar-refractivity contribution in [1.82, 2.24) is 4.98 Å². The summed E-state index contributed by atoms with van der Waals surface area (Å²) in [4.78, 5) is 5.63. The average Bonchev–Trinajstić information content (AvgIpc) is 2.87. The van der Waals surface area contributed by atoms with Gasteiger partial charge < -0.3 is 5.73 Å². The number of aromatic nitrogens is 1. The van der Waals surface area contributed by atoms with Crippen LogP contribution in [0.4, 0.5) is 0 Å². The fourth-order valence-corrected chi connectivity index (χ4v) is 3.56. The zero-order valence-electron chi connectivity index (χ0n) is 10.8. The van der Waals surface area contributed by atoms with Gasteiger partial charge in [-0.1, -0.05) is 35.5 Å². The lowest BCUT2D eigenvalue weighted by Crippen LogP contribution is -2.14. The van der Waals surface area contributed by atoms with Crippen LogP contribution in [0.3, 0.4) is 0 Å². The van der Waals surface area contributed by atoms with Crippen LogP contribution in [0.1, 0.15) is 23.2 Å². The molecule has 0 aliphatic heterocycles. The lowest BCUT2D eigenvalue weighted by Gasteiger charge is -2.11. The van der Waals surface area contributed by atoms with E-state index in [0.29, 0.717) is 10.6 Å². The van der Waals surface area contributed by atoms with Crippen LogP contribution in [0.25, 0.3) is 0 Å². The second-order valence-electron chi connectivity index (χ2n) is 4.75. The first-order valence-corrected chi connectivity index (χ1v) is 7.64. The van der Waals surface area contributed by atoms with Crippen LogP contribution in [0.2, 0.25) is 5.02 Å². The molecule has 0 bridgehead atoms. The number of hydrogen-bond donors (Lipinski definition) is 2. The van der Waals surface area contributed by atoms with Gasteiger partial charge in [0.1, 0.15) is 10.9 Å². The average molecular weight is 304 g/mol. The van der Waals surface area contributed by atoms with E-state index in [1.165, 1.54) is 17.3 Å². The Kier molecular flexibility index (Phi) is 3.68. The summed E-state index contributed by atoms with van der Waals surface area (Å²) in [5, 5.41) is 9.21. The van der Waals surface area contributed by atoms with Gasteiger partial charge in [-0.05, 0) is 43.0 Å². The molecule has 5 heteroatoms. The van der Waals surface area contributed by atoms with Gasteiger partial charge in [-0.15, -0.1) is 0 Å². The van der Waals surface area contributed by atoms with E-state index in [9.17, 15) is 0 Å². The van der Waals surface area contributed by atoms with Gasteiger partial charge in [0, 0.05) is 16.2 Å². The Bertz CT molecular complexity index is 685. The Morgan fingerprint density at radius 2 is 2.10 bits per heavy atom. The number of rotatable bonds is 3. The van der Waals surface area contributed by atoms with Crippen molar-refractivity contribution in [3.8, 4) is 0 Å². The maximum Gasteiger partial charge on any atom is 0.125 e. The molecule has 1 aliphatic rings. The van der Waals surface area contributed by atoms with Crippen molar-refractivity contribution < 1.29 is 0 Å². The van der Waals surface area contributed by atoms with E-state index < -0.39 is 0 Å². The van der Waals surface area contributed by atoms with Crippen LogP contribution in [0.15, 0.2) is 40.3 Å². The normalized spacial score (nSPS) is 13.2. The summed E-state index contributed by atoms with van der Waals surface area (Å²) in [7, 11) is 0. The molecule has 102 valence electrons. The van der Waals surface area contributed by atoms with Crippen molar-refractivity contribution in [2.45, 2.75) is 29.2 Å². The Morgan fingerprint density at radius 3 is 2.85 bits per heavy atom. The number of nitrogens with zero attached hydrogens (tertiary/aromatic N) is 1. The fraction of sp³-hybridized carbons (Fsp3) is 0.200. The molecule has 0 unspecified atom stereocenters. The van der Waals surface area contributed by atoms with Gasteiger partial charge in [-0.25, -0.2) is 4.98 Å². The highest BCUT2D eigenvalue weighted by atomic mass is 35.5. The molecule has 2 aromatic rings. The van der Waals surface area contributed by atoms with E-state index >= 15 is 0 Å². The topological polar surface area (TPSA) is 62.8 Å². The summed E-state index contributed by atoms with van der Waals surface area (Å²) < 4.78 is 0. The van der Waals surface area contributed by atoms with Crippen molar-refractivity contribution in [3.05, 3.63) is 52.2 Å². The molecule has 1 aromatic carbocycles. The Labute approximate surface area is 127 Å². The zero-order valence-corrected chi connectivity index (χ0v) is 12.4. The number of aryl methyl sites for hydroxylation is 2. The van der Waals surface area contributed by atoms with E-state index in [0.717, 1.165) is 34.9 Å². The van der Waals surface area contributed by atoms with Gasteiger partial charge in [-0.2, -0.15) is 0 Å². The predicted molar refractivity (Wildman–Crippen MR) is 82.9 cm³/mol. The van der Waals surface area contributed by atoms with E-state index in [1.807, 2.05) is 30.3 Å². The highest BCUT2D eigenvalue weighted by Crippen LogP contribution is 2.35. The van der Waals surface area contributed by atoms with Crippen molar-refractivity contribution in [3.63, 3.8) is 0 Å². The Morgan fingerprint density at radius 1 is 1.30 bits per heavy atom. The number of benzene rings is 1. The van der Waals surface area contributed by atoms with Gasteiger partial charge in [0.2, 0.25) is 0 Å². The van der Waals surface area contributed by atoms with Crippen molar-refractivity contribution in [2.75, 3.05) is 0 Å². The number of nitrogens with one attached hydrogen (secondary N) is 1. The SMILES string of the molecule is N=C(N)c1cc2c(nc1Sc1ccccc1Cl)CCC2. The van der Waals surface area contributed by atoms with E-state index in [-0.39, 0.29) is 5.84 Å². The molecule has 1 heterocycles. The quantitative estimate of drug-likeness (QED) is 0.672. The Balaban J connectivity index is 2.04.